The largest absolute Gasteiger partial charge is 0.307 e. The molecule has 2 aromatic rings. The average molecular weight is 371 g/mol. The van der Waals surface area contributed by atoms with Crippen LogP contribution in [0.4, 0.5) is 11.5 Å². The highest BCUT2D eigenvalue weighted by molar-refractivity contribution is 9.10. The van der Waals surface area contributed by atoms with Crippen LogP contribution in [0.5, 0.6) is 0 Å². The van der Waals surface area contributed by atoms with E-state index in [1.165, 1.54) is 12.3 Å². The molecule has 0 unspecified atom stereocenters. The Balaban J connectivity index is 2.42. The Hall–Kier alpha value is -1.64. The maximum atomic E-state index is 12.5. The molecule has 1 aromatic heterocycles. The lowest BCUT2D eigenvalue weighted by Crippen LogP contribution is -2.18. The van der Waals surface area contributed by atoms with Gasteiger partial charge in [-0.15, -0.1) is 0 Å². The molecule has 0 aliphatic carbocycles. The minimum Gasteiger partial charge on any atom is -0.307 e. The van der Waals surface area contributed by atoms with Gasteiger partial charge in [0.2, 0.25) is 0 Å². The summed E-state index contributed by atoms with van der Waals surface area (Å²) in [5.41, 5.74) is 4.86. The van der Waals surface area contributed by atoms with Crippen molar-refractivity contribution in [2.24, 2.45) is 5.84 Å². The summed E-state index contributed by atoms with van der Waals surface area (Å²) in [6.45, 7) is 3.88. The SMILES string of the molecule is Cc1ccc(NS(=O)(=O)c2cc(Br)cnc2NN)cc1C. The first-order chi connectivity index (χ1) is 9.83. The van der Waals surface area contributed by atoms with Crippen molar-refractivity contribution in [3.63, 3.8) is 0 Å². The summed E-state index contributed by atoms with van der Waals surface area (Å²) in [4.78, 5) is 3.90. The fourth-order valence-electron chi connectivity index (χ4n) is 1.75. The van der Waals surface area contributed by atoms with Crippen LogP contribution in [0, 0.1) is 13.8 Å². The lowest BCUT2D eigenvalue weighted by atomic mass is 10.1. The Morgan fingerprint density at radius 2 is 1.90 bits per heavy atom. The molecule has 6 nitrogen and oxygen atoms in total. The van der Waals surface area contributed by atoms with Crippen LogP contribution in [0.15, 0.2) is 39.8 Å². The first-order valence-electron chi connectivity index (χ1n) is 6.06. The van der Waals surface area contributed by atoms with E-state index in [0.717, 1.165) is 11.1 Å². The fraction of sp³-hybridized carbons (Fsp3) is 0.154. The number of nitrogen functional groups attached to an aromatic ring is 1. The summed E-state index contributed by atoms with van der Waals surface area (Å²) in [7, 11) is -3.79. The van der Waals surface area contributed by atoms with E-state index >= 15 is 0 Å². The molecule has 21 heavy (non-hydrogen) atoms. The summed E-state index contributed by atoms with van der Waals surface area (Å²) in [6.07, 6.45) is 1.46. The highest BCUT2D eigenvalue weighted by Gasteiger charge is 2.20. The second kappa shape index (κ2) is 6.00. The van der Waals surface area contributed by atoms with Crippen LogP contribution in [-0.4, -0.2) is 13.4 Å². The molecular formula is C13H15BrN4O2S. The smallest absolute Gasteiger partial charge is 0.265 e. The molecule has 0 saturated carbocycles. The Morgan fingerprint density at radius 1 is 1.19 bits per heavy atom. The fourth-order valence-corrected chi connectivity index (χ4v) is 3.43. The van der Waals surface area contributed by atoms with Crippen molar-refractivity contribution in [2.45, 2.75) is 18.7 Å². The second-order valence-electron chi connectivity index (χ2n) is 4.55. The molecule has 1 aromatic carbocycles. The van der Waals surface area contributed by atoms with Gasteiger partial charge in [-0.2, -0.15) is 0 Å². The number of hydrogen-bond donors (Lipinski definition) is 3. The number of hydrogen-bond acceptors (Lipinski definition) is 5. The van der Waals surface area contributed by atoms with Crippen LogP contribution in [0.3, 0.4) is 0 Å². The predicted molar refractivity (Wildman–Crippen MR) is 86.5 cm³/mol. The number of aryl methyl sites for hydroxylation is 2. The summed E-state index contributed by atoms with van der Waals surface area (Å²) in [5, 5.41) is 0. The molecule has 112 valence electrons. The first kappa shape index (κ1) is 15.7. The molecule has 0 atom stereocenters. The van der Waals surface area contributed by atoms with E-state index in [-0.39, 0.29) is 10.7 Å². The molecular weight excluding hydrogens is 356 g/mol. The van der Waals surface area contributed by atoms with Crippen LogP contribution in [-0.2, 0) is 10.0 Å². The van der Waals surface area contributed by atoms with Gasteiger partial charge in [0, 0.05) is 16.4 Å². The van der Waals surface area contributed by atoms with Gasteiger partial charge in [-0.25, -0.2) is 19.2 Å². The summed E-state index contributed by atoms with van der Waals surface area (Å²) >= 11 is 3.20. The standard InChI is InChI=1S/C13H15BrN4O2S/c1-8-3-4-11(5-9(8)2)18-21(19,20)12-6-10(14)7-16-13(12)17-15/h3-7,18H,15H2,1-2H3,(H,16,17). The maximum absolute atomic E-state index is 12.5. The number of nitrogens with one attached hydrogen (secondary N) is 2. The molecule has 0 radical (unpaired) electrons. The number of nitrogens with two attached hydrogens (primary N) is 1. The molecule has 0 saturated heterocycles. The van der Waals surface area contributed by atoms with Crippen molar-refractivity contribution in [1.29, 1.82) is 0 Å². The summed E-state index contributed by atoms with van der Waals surface area (Å²) in [6, 6.07) is 6.77. The molecule has 8 heteroatoms. The van der Waals surface area contributed by atoms with E-state index in [9.17, 15) is 8.42 Å². The molecule has 0 amide bonds. The molecule has 0 bridgehead atoms. The Morgan fingerprint density at radius 3 is 2.52 bits per heavy atom. The minimum absolute atomic E-state index is 0.0300. The number of nitrogens with zero attached hydrogens (tertiary/aromatic N) is 1. The van der Waals surface area contributed by atoms with Gasteiger partial charge in [-0.1, -0.05) is 6.07 Å². The average Bonchev–Trinajstić information content (AvgIpc) is 2.42. The number of hydrazine groups is 1. The van der Waals surface area contributed by atoms with Crippen LogP contribution in [0.1, 0.15) is 11.1 Å². The van der Waals surface area contributed by atoms with Crippen molar-refractivity contribution in [2.75, 3.05) is 10.1 Å². The third kappa shape index (κ3) is 3.52. The monoisotopic (exact) mass is 370 g/mol. The third-order valence-electron chi connectivity index (χ3n) is 3.00. The van der Waals surface area contributed by atoms with E-state index in [2.05, 4.69) is 31.1 Å². The highest BCUT2D eigenvalue weighted by Crippen LogP contribution is 2.25. The Kier molecular flexibility index (Phi) is 4.50. The predicted octanol–water partition coefficient (Wildman–Crippen LogP) is 2.55. The number of sulfonamides is 1. The van der Waals surface area contributed by atoms with Crippen molar-refractivity contribution in [1.82, 2.24) is 4.98 Å². The lowest BCUT2D eigenvalue weighted by molar-refractivity contribution is 0.601. The summed E-state index contributed by atoms with van der Waals surface area (Å²) in [5.74, 6) is 5.39. The molecule has 1 heterocycles. The normalized spacial score (nSPS) is 11.2. The molecule has 2 rings (SSSR count). The van der Waals surface area contributed by atoms with Gasteiger partial charge in [-0.05, 0) is 59.1 Å². The number of halogens is 1. The van der Waals surface area contributed by atoms with E-state index < -0.39 is 10.0 Å². The molecule has 0 fully saturated rings. The lowest BCUT2D eigenvalue weighted by Gasteiger charge is -2.12. The first-order valence-corrected chi connectivity index (χ1v) is 8.33. The quantitative estimate of drug-likeness (QED) is 0.567. The molecule has 0 aliphatic rings. The van der Waals surface area contributed by atoms with Gasteiger partial charge in [-0.3, -0.25) is 4.72 Å². The summed E-state index contributed by atoms with van der Waals surface area (Å²) < 4.78 is 28.0. The van der Waals surface area contributed by atoms with E-state index in [1.54, 1.807) is 12.1 Å². The zero-order chi connectivity index (χ0) is 15.6. The van der Waals surface area contributed by atoms with Crippen LogP contribution in [0.25, 0.3) is 0 Å². The van der Waals surface area contributed by atoms with Crippen LogP contribution >= 0.6 is 15.9 Å². The number of benzene rings is 1. The van der Waals surface area contributed by atoms with Gasteiger partial charge in [0.05, 0.1) is 0 Å². The zero-order valence-corrected chi connectivity index (χ0v) is 13.9. The second-order valence-corrected chi connectivity index (χ2v) is 7.12. The number of anilines is 2. The van der Waals surface area contributed by atoms with Gasteiger partial charge >= 0.3 is 0 Å². The number of rotatable bonds is 4. The zero-order valence-electron chi connectivity index (χ0n) is 11.5. The van der Waals surface area contributed by atoms with Gasteiger partial charge < -0.3 is 5.43 Å². The number of pyridine rings is 1. The number of aromatic nitrogens is 1. The maximum Gasteiger partial charge on any atom is 0.265 e. The van der Waals surface area contributed by atoms with E-state index in [0.29, 0.717) is 10.2 Å². The van der Waals surface area contributed by atoms with Crippen LogP contribution in [0.2, 0.25) is 0 Å². The van der Waals surface area contributed by atoms with Crippen molar-refractivity contribution >= 4 is 37.5 Å². The molecule has 4 N–H and O–H groups in total. The van der Waals surface area contributed by atoms with Crippen molar-refractivity contribution < 1.29 is 8.42 Å². The van der Waals surface area contributed by atoms with Crippen molar-refractivity contribution in [3.05, 3.63) is 46.1 Å². The van der Waals surface area contributed by atoms with Gasteiger partial charge in [0.15, 0.2) is 5.82 Å². The van der Waals surface area contributed by atoms with Gasteiger partial charge in [0.1, 0.15) is 4.90 Å². The van der Waals surface area contributed by atoms with E-state index in [1.807, 2.05) is 19.9 Å². The topological polar surface area (TPSA) is 97.1 Å². The minimum atomic E-state index is -3.79. The van der Waals surface area contributed by atoms with E-state index in [4.69, 9.17) is 5.84 Å². The van der Waals surface area contributed by atoms with Gasteiger partial charge in [0.25, 0.3) is 10.0 Å². The molecule has 0 aliphatic heterocycles. The van der Waals surface area contributed by atoms with Crippen LogP contribution < -0.4 is 16.0 Å². The molecule has 0 spiro atoms. The Bertz CT molecular complexity index is 778. The third-order valence-corrected chi connectivity index (χ3v) is 4.83. The highest BCUT2D eigenvalue weighted by atomic mass is 79.9. The Labute approximate surface area is 131 Å². The van der Waals surface area contributed by atoms with Crippen molar-refractivity contribution in [3.8, 4) is 0 Å².